The number of anilines is 1. The van der Waals surface area contributed by atoms with E-state index >= 15 is 0 Å². The third-order valence-corrected chi connectivity index (χ3v) is 3.11. The Bertz CT molecular complexity index is 411. The highest BCUT2D eigenvalue weighted by Crippen LogP contribution is 2.28. The van der Waals surface area contributed by atoms with Gasteiger partial charge in [0.15, 0.2) is 0 Å². The second-order valence-corrected chi connectivity index (χ2v) is 4.58. The van der Waals surface area contributed by atoms with Crippen molar-refractivity contribution in [3.63, 3.8) is 0 Å². The lowest BCUT2D eigenvalue weighted by Gasteiger charge is -2.24. The van der Waals surface area contributed by atoms with E-state index < -0.39 is 0 Å². The molecule has 0 bridgehead atoms. The summed E-state index contributed by atoms with van der Waals surface area (Å²) in [5.41, 5.74) is 1.94. The molecule has 3 nitrogen and oxygen atoms in total. The number of carbonyl (C=O) groups excluding carboxylic acids is 1. The molecule has 1 amide bonds. The first-order valence-electron chi connectivity index (χ1n) is 6.24. The lowest BCUT2D eigenvalue weighted by molar-refractivity contribution is -0.122. The number of benzene rings is 1. The number of amides is 1. The van der Waals surface area contributed by atoms with E-state index in [0.717, 1.165) is 29.8 Å². The Morgan fingerprint density at radius 2 is 2.18 bits per heavy atom. The molecule has 0 aliphatic heterocycles. The second kappa shape index (κ2) is 5.21. The van der Waals surface area contributed by atoms with Gasteiger partial charge in [-0.1, -0.05) is 6.42 Å². The summed E-state index contributed by atoms with van der Waals surface area (Å²) < 4.78 is 5.46. The van der Waals surface area contributed by atoms with Gasteiger partial charge in [-0.05, 0) is 44.4 Å². The van der Waals surface area contributed by atoms with Crippen molar-refractivity contribution in [1.82, 2.24) is 0 Å². The van der Waals surface area contributed by atoms with Crippen LogP contribution in [-0.2, 0) is 4.79 Å². The van der Waals surface area contributed by atoms with E-state index in [0.29, 0.717) is 6.61 Å². The minimum absolute atomic E-state index is 0.143. The average Bonchev–Trinajstić information content (AvgIpc) is 2.13. The van der Waals surface area contributed by atoms with Crippen LogP contribution in [0.5, 0.6) is 5.75 Å². The van der Waals surface area contributed by atoms with Gasteiger partial charge in [-0.25, -0.2) is 0 Å². The lowest BCUT2D eigenvalue weighted by Crippen LogP contribution is -2.28. The maximum atomic E-state index is 11.8. The van der Waals surface area contributed by atoms with Gasteiger partial charge >= 0.3 is 0 Å². The number of hydrogen-bond acceptors (Lipinski definition) is 2. The Balaban J connectivity index is 2.06. The van der Waals surface area contributed by atoms with Crippen LogP contribution in [0.25, 0.3) is 0 Å². The topological polar surface area (TPSA) is 38.3 Å². The van der Waals surface area contributed by atoms with Crippen LogP contribution >= 0.6 is 0 Å². The van der Waals surface area contributed by atoms with Crippen LogP contribution in [-0.4, -0.2) is 12.5 Å². The van der Waals surface area contributed by atoms with Gasteiger partial charge in [-0.2, -0.15) is 0 Å². The van der Waals surface area contributed by atoms with Crippen LogP contribution < -0.4 is 10.1 Å². The SMILES string of the molecule is CCOc1cc(C)cc(NC(=O)C2CCC2)c1. The number of carbonyl (C=O) groups is 1. The molecule has 0 heterocycles. The standard InChI is InChI=1S/C14H19NO2/c1-3-17-13-8-10(2)7-12(9-13)15-14(16)11-5-4-6-11/h7-9,11H,3-6H2,1-2H3,(H,15,16). The van der Waals surface area contributed by atoms with Crippen molar-refractivity contribution in [2.24, 2.45) is 5.92 Å². The molecule has 1 aromatic carbocycles. The fourth-order valence-corrected chi connectivity index (χ4v) is 1.98. The highest BCUT2D eigenvalue weighted by Gasteiger charge is 2.25. The highest BCUT2D eigenvalue weighted by atomic mass is 16.5. The summed E-state index contributed by atoms with van der Waals surface area (Å²) in [7, 11) is 0. The van der Waals surface area contributed by atoms with Crippen LogP contribution in [0.15, 0.2) is 18.2 Å². The molecule has 0 unspecified atom stereocenters. The number of hydrogen-bond donors (Lipinski definition) is 1. The van der Waals surface area contributed by atoms with E-state index in [9.17, 15) is 4.79 Å². The first-order valence-corrected chi connectivity index (χ1v) is 6.24. The molecular weight excluding hydrogens is 214 g/mol. The van der Waals surface area contributed by atoms with E-state index in [1.807, 2.05) is 32.0 Å². The van der Waals surface area contributed by atoms with Gasteiger partial charge in [0.25, 0.3) is 0 Å². The van der Waals surface area contributed by atoms with E-state index in [1.54, 1.807) is 0 Å². The minimum atomic E-state index is 0.143. The van der Waals surface area contributed by atoms with Crippen LogP contribution in [0.4, 0.5) is 5.69 Å². The van der Waals surface area contributed by atoms with Crippen molar-refractivity contribution in [3.05, 3.63) is 23.8 Å². The molecule has 2 rings (SSSR count). The van der Waals surface area contributed by atoms with Gasteiger partial charge in [-0.15, -0.1) is 0 Å². The summed E-state index contributed by atoms with van der Waals surface area (Å²) in [5.74, 6) is 1.17. The van der Waals surface area contributed by atoms with Crippen LogP contribution in [0, 0.1) is 12.8 Å². The van der Waals surface area contributed by atoms with Crippen molar-refractivity contribution in [2.45, 2.75) is 33.1 Å². The average molecular weight is 233 g/mol. The fraction of sp³-hybridized carbons (Fsp3) is 0.500. The fourth-order valence-electron chi connectivity index (χ4n) is 1.98. The van der Waals surface area contributed by atoms with E-state index in [4.69, 9.17) is 4.74 Å². The van der Waals surface area contributed by atoms with Crippen molar-refractivity contribution < 1.29 is 9.53 Å². The molecule has 1 aliphatic rings. The quantitative estimate of drug-likeness (QED) is 0.867. The zero-order valence-corrected chi connectivity index (χ0v) is 10.5. The molecule has 92 valence electrons. The number of nitrogens with one attached hydrogen (secondary N) is 1. The summed E-state index contributed by atoms with van der Waals surface area (Å²) in [6.07, 6.45) is 3.22. The van der Waals surface area contributed by atoms with Crippen molar-refractivity contribution in [1.29, 1.82) is 0 Å². The molecule has 0 aromatic heterocycles. The second-order valence-electron chi connectivity index (χ2n) is 4.58. The van der Waals surface area contributed by atoms with Crippen LogP contribution in [0.1, 0.15) is 31.7 Å². The van der Waals surface area contributed by atoms with Gasteiger partial charge in [-0.3, -0.25) is 4.79 Å². The summed E-state index contributed by atoms with van der Waals surface area (Å²) in [6, 6.07) is 5.83. The van der Waals surface area contributed by atoms with Gasteiger partial charge < -0.3 is 10.1 Å². The van der Waals surface area contributed by atoms with Crippen molar-refractivity contribution in [3.8, 4) is 5.75 Å². The zero-order valence-electron chi connectivity index (χ0n) is 10.5. The Hall–Kier alpha value is -1.51. The predicted molar refractivity (Wildman–Crippen MR) is 68.3 cm³/mol. The van der Waals surface area contributed by atoms with E-state index in [2.05, 4.69) is 5.32 Å². The maximum absolute atomic E-state index is 11.8. The van der Waals surface area contributed by atoms with E-state index in [-0.39, 0.29) is 11.8 Å². The first-order chi connectivity index (χ1) is 8.19. The molecule has 0 saturated heterocycles. The van der Waals surface area contributed by atoms with Crippen molar-refractivity contribution in [2.75, 3.05) is 11.9 Å². The predicted octanol–water partition coefficient (Wildman–Crippen LogP) is 3.13. The maximum Gasteiger partial charge on any atom is 0.227 e. The number of ether oxygens (including phenoxy) is 1. The number of rotatable bonds is 4. The Kier molecular flexibility index (Phi) is 3.67. The molecule has 3 heteroatoms. The zero-order chi connectivity index (χ0) is 12.3. The molecule has 0 spiro atoms. The Morgan fingerprint density at radius 3 is 2.76 bits per heavy atom. The molecule has 0 atom stereocenters. The highest BCUT2D eigenvalue weighted by molar-refractivity contribution is 5.93. The molecule has 17 heavy (non-hydrogen) atoms. The van der Waals surface area contributed by atoms with E-state index in [1.165, 1.54) is 6.42 Å². The Morgan fingerprint density at radius 1 is 1.41 bits per heavy atom. The van der Waals surface area contributed by atoms with Crippen LogP contribution in [0.2, 0.25) is 0 Å². The van der Waals surface area contributed by atoms with Gasteiger partial charge in [0.05, 0.1) is 6.61 Å². The van der Waals surface area contributed by atoms with Crippen LogP contribution in [0.3, 0.4) is 0 Å². The van der Waals surface area contributed by atoms with Crippen molar-refractivity contribution >= 4 is 11.6 Å². The third-order valence-electron chi connectivity index (χ3n) is 3.11. The largest absolute Gasteiger partial charge is 0.494 e. The summed E-state index contributed by atoms with van der Waals surface area (Å²) >= 11 is 0. The smallest absolute Gasteiger partial charge is 0.227 e. The first kappa shape index (κ1) is 12.0. The Labute approximate surface area is 102 Å². The summed E-state index contributed by atoms with van der Waals surface area (Å²) in [4.78, 5) is 11.8. The summed E-state index contributed by atoms with van der Waals surface area (Å²) in [5, 5.41) is 2.96. The molecule has 1 saturated carbocycles. The third kappa shape index (κ3) is 2.99. The molecule has 0 radical (unpaired) electrons. The van der Waals surface area contributed by atoms with Gasteiger partial charge in [0.2, 0.25) is 5.91 Å². The summed E-state index contributed by atoms with van der Waals surface area (Å²) in [6.45, 7) is 4.59. The molecular formula is C14H19NO2. The monoisotopic (exact) mass is 233 g/mol. The molecule has 1 fully saturated rings. The minimum Gasteiger partial charge on any atom is -0.494 e. The molecule has 1 aliphatic carbocycles. The van der Waals surface area contributed by atoms with Gasteiger partial charge in [0.1, 0.15) is 5.75 Å². The normalized spacial score (nSPS) is 15.2. The molecule has 1 aromatic rings. The lowest BCUT2D eigenvalue weighted by atomic mass is 9.85. The van der Waals surface area contributed by atoms with Gasteiger partial charge in [0, 0.05) is 17.7 Å². The number of aryl methyl sites for hydroxylation is 1. The molecule has 1 N–H and O–H groups in total.